The van der Waals surface area contributed by atoms with E-state index in [1.165, 1.54) is 0 Å². The van der Waals surface area contributed by atoms with Gasteiger partial charge in [0.1, 0.15) is 5.75 Å². The van der Waals surface area contributed by atoms with Crippen molar-refractivity contribution in [3.63, 3.8) is 0 Å². The quantitative estimate of drug-likeness (QED) is 0.881. The lowest BCUT2D eigenvalue weighted by Gasteiger charge is -2.42. The van der Waals surface area contributed by atoms with Gasteiger partial charge in [-0.15, -0.1) is 0 Å². The predicted molar refractivity (Wildman–Crippen MR) is 89.9 cm³/mol. The van der Waals surface area contributed by atoms with Crippen molar-refractivity contribution in [3.05, 3.63) is 23.8 Å². The van der Waals surface area contributed by atoms with Crippen molar-refractivity contribution in [3.8, 4) is 5.75 Å². The molecule has 130 valence electrons. The van der Waals surface area contributed by atoms with Crippen LogP contribution >= 0.6 is 0 Å². The summed E-state index contributed by atoms with van der Waals surface area (Å²) in [6.07, 6.45) is 1.73. The van der Waals surface area contributed by atoms with Crippen LogP contribution in [-0.2, 0) is 16.0 Å². The van der Waals surface area contributed by atoms with Gasteiger partial charge >= 0.3 is 0 Å². The number of benzene rings is 1. The van der Waals surface area contributed by atoms with E-state index in [-0.39, 0.29) is 30.8 Å². The summed E-state index contributed by atoms with van der Waals surface area (Å²) >= 11 is 0. The van der Waals surface area contributed by atoms with E-state index < -0.39 is 5.60 Å². The number of rotatable bonds is 3. The summed E-state index contributed by atoms with van der Waals surface area (Å²) in [5.74, 6) is 0.597. The molecule has 3 rings (SSSR count). The molecule has 6 nitrogen and oxygen atoms in total. The molecule has 0 aromatic heterocycles. The van der Waals surface area contributed by atoms with E-state index in [1.807, 2.05) is 24.8 Å². The van der Waals surface area contributed by atoms with E-state index in [0.29, 0.717) is 30.9 Å². The Morgan fingerprint density at radius 1 is 1.50 bits per heavy atom. The summed E-state index contributed by atoms with van der Waals surface area (Å²) in [6, 6.07) is 5.43. The van der Waals surface area contributed by atoms with Crippen molar-refractivity contribution < 1.29 is 19.4 Å². The molecule has 1 aromatic carbocycles. The first-order chi connectivity index (χ1) is 11.4. The van der Waals surface area contributed by atoms with Crippen molar-refractivity contribution in [2.75, 3.05) is 25.0 Å². The number of carbonyl (C=O) groups is 2. The van der Waals surface area contributed by atoms with Gasteiger partial charge in [0, 0.05) is 19.0 Å². The van der Waals surface area contributed by atoms with Crippen LogP contribution in [0.3, 0.4) is 0 Å². The highest BCUT2D eigenvalue weighted by Crippen LogP contribution is 2.31. The highest BCUT2D eigenvalue weighted by molar-refractivity contribution is 5.95. The standard InChI is InChI=1S/C18H24N2O4/c1-3-13-10-20(7-6-18(13,2)23)17(22)9-12-4-5-15-14(8-12)19-16(21)11-24-15/h4-5,8,13,23H,3,6-7,9-11H2,1-2H3,(H,19,21)/t13-,18+/m0/s1. The van der Waals surface area contributed by atoms with Crippen molar-refractivity contribution in [1.29, 1.82) is 0 Å². The third-order valence-corrected chi connectivity index (χ3v) is 5.09. The van der Waals surface area contributed by atoms with E-state index in [9.17, 15) is 14.7 Å². The van der Waals surface area contributed by atoms with Crippen molar-refractivity contribution in [1.82, 2.24) is 4.90 Å². The van der Waals surface area contributed by atoms with Crippen LogP contribution < -0.4 is 10.1 Å². The Morgan fingerprint density at radius 2 is 2.29 bits per heavy atom. The van der Waals surface area contributed by atoms with Crippen LogP contribution in [-0.4, -0.2) is 47.1 Å². The summed E-state index contributed by atoms with van der Waals surface area (Å²) < 4.78 is 5.33. The van der Waals surface area contributed by atoms with Gasteiger partial charge in [0.25, 0.3) is 5.91 Å². The number of fused-ring (bicyclic) bond motifs is 1. The second kappa shape index (κ2) is 6.43. The molecule has 1 aromatic rings. The molecule has 6 heteroatoms. The Labute approximate surface area is 141 Å². The third kappa shape index (κ3) is 3.38. The number of amides is 2. The Morgan fingerprint density at radius 3 is 3.04 bits per heavy atom. The zero-order chi connectivity index (χ0) is 17.3. The van der Waals surface area contributed by atoms with Crippen LogP contribution in [0.2, 0.25) is 0 Å². The molecule has 0 bridgehead atoms. The lowest BCUT2D eigenvalue weighted by Crippen LogP contribution is -2.52. The van der Waals surface area contributed by atoms with E-state index >= 15 is 0 Å². The lowest BCUT2D eigenvalue weighted by atomic mass is 9.81. The number of hydrogen-bond donors (Lipinski definition) is 2. The van der Waals surface area contributed by atoms with Crippen LogP contribution in [0.25, 0.3) is 0 Å². The second-order valence-corrected chi connectivity index (χ2v) is 6.90. The Bertz CT molecular complexity index is 656. The molecule has 0 saturated carbocycles. The average Bonchev–Trinajstić information content (AvgIpc) is 2.54. The number of anilines is 1. The molecule has 0 spiro atoms. The number of nitrogens with one attached hydrogen (secondary N) is 1. The van der Waals surface area contributed by atoms with Gasteiger partial charge in [0.05, 0.1) is 17.7 Å². The highest BCUT2D eigenvalue weighted by atomic mass is 16.5. The minimum Gasteiger partial charge on any atom is -0.482 e. The molecule has 0 aliphatic carbocycles. The van der Waals surface area contributed by atoms with Gasteiger partial charge in [0.15, 0.2) is 6.61 Å². The first-order valence-electron chi connectivity index (χ1n) is 8.45. The van der Waals surface area contributed by atoms with Gasteiger partial charge in [0.2, 0.25) is 5.91 Å². The molecule has 0 radical (unpaired) electrons. The smallest absolute Gasteiger partial charge is 0.262 e. The fourth-order valence-electron chi connectivity index (χ4n) is 3.44. The zero-order valence-electron chi connectivity index (χ0n) is 14.2. The largest absolute Gasteiger partial charge is 0.482 e. The maximum Gasteiger partial charge on any atom is 0.262 e. The van der Waals surface area contributed by atoms with Gasteiger partial charge in [-0.2, -0.15) is 0 Å². The van der Waals surface area contributed by atoms with Crippen molar-refractivity contribution >= 4 is 17.5 Å². The summed E-state index contributed by atoms with van der Waals surface area (Å²) in [5.41, 5.74) is 0.762. The molecule has 24 heavy (non-hydrogen) atoms. The Hall–Kier alpha value is -2.08. The van der Waals surface area contributed by atoms with Gasteiger partial charge in [-0.3, -0.25) is 9.59 Å². The third-order valence-electron chi connectivity index (χ3n) is 5.09. The fourth-order valence-corrected chi connectivity index (χ4v) is 3.44. The molecule has 1 saturated heterocycles. The summed E-state index contributed by atoms with van der Waals surface area (Å²) in [6.45, 7) is 5.09. The first-order valence-corrected chi connectivity index (χ1v) is 8.45. The maximum absolute atomic E-state index is 12.6. The van der Waals surface area contributed by atoms with Gasteiger partial charge in [-0.25, -0.2) is 0 Å². The van der Waals surface area contributed by atoms with Crippen molar-refractivity contribution in [2.45, 2.75) is 38.7 Å². The summed E-state index contributed by atoms with van der Waals surface area (Å²) in [5, 5.41) is 13.1. The molecular weight excluding hydrogens is 308 g/mol. The van der Waals surface area contributed by atoms with Crippen LogP contribution in [0.5, 0.6) is 5.75 Å². The molecule has 0 unspecified atom stereocenters. The van der Waals surface area contributed by atoms with E-state index in [2.05, 4.69) is 5.32 Å². The number of aliphatic hydroxyl groups is 1. The number of likely N-dealkylation sites (tertiary alicyclic amines) is 1. The number of piperidine rings is 1. The van der Waals surface area contributed by atoms with E-state index in [0.717, 1.165) is 12.0 Å². The molecule has 2 atom stereocenters. The number of ether oxygens (including phenoxy) is 1. The highest BCUT2D eigenvalue weighted by Gasteiger charge is 2.37. The summed E-state index contributed by atoms with van der Waals surface area (Å²) in [7, 11) is 0. The molecule has 2 aliphatic rings. The first kappa shape index (κ1) is 16.8. The fraction of sp³-hybridized carbons (Fsp3) is 0.556. The predicted octanol–water partition coefficient (Wildman–Crippen LogP) is 1.57. The Kier molecular flexibility index (Phi) is 4.49. The van der Waals surface area contributed by atoms with Crippen LogP contribution in [0.1, 0.15) is 32.3 Å². The Balaban J connectivity index is 1.67. The minimum absolute atomic E-state index is 0.0252. The number of hydrogen-bond acceptors (Lipinski definition) is 4. The monoisotopic (exact) mass is 332 g/mol. The minimum atomic E-state index is -0.695. The van der Waals surface area contributed by atoms with E-state index in [1.54, 1.807) is 12.1 Å². The normalized spacial score (nSPS) is 26.4. The van der Waals surface area contributed by atoms with Crippen LogP contribution in [0, 0.1) is 5.92 Å². The molecule has 1 fully saturated rings. The molecular formula is C18H24N2O4. The maximum atomic E-state index is 12.6. The summed E-state index contributed by atoms with van der Waals surface area (Å²) in [4.78, 5) is 25.8. The number of carbonyl (C=O) groups excluding carboxylic acids is 2. The molecule has 2 heterocycles. The zero-order valence-corrected chi connectivity index (χ0v) is 14.2. The topological polar surface area (TPSA) is 78.9 Å². The van der Waals surface area contributed by atoms with Crippen molar-refractivity contribution in [2.24, 2.45) is 5.92 Å². The molecule has 2 amide bonds. The average molecular weight is 332 g/mol. The second-order valence-electron chi connectivity index (χ2n) is 6.90. The van der Waals surface area contributed by atoms with Gasteiger partial charge in [-0.1, -0.05) is 13.0 Å². The molecule has 2 N–H and O–H groups in total. The number of nitrogens with zero attached hydrogens (tertiary/aromatic N) is 1. The van der Waals surface area contributed by atoms with Crippen LogP contribution in [0.15, 0.2) is 18.2 Å². The van der Waals surface area contributed by atoms with Crippen LogP contribution in [0.4, 0.5) is 5.69 Å². The molecule has 2 aliphatic heterocycles. The lowest BCUT2D eigenvalue weighted by molar-refractivity contribution is -0.138. The SMILES string of the molecule is CC[C@H]1CN(C(=O)Cc2ccc3c(c2)NC(=O)CO3)CC[C@@]1(C)O. The van der Waals surface area contributed by atoms with Gasteiger partial charge < -0.3 is 20.1 Å². The van der Waals surface area contributed by atoms with Gasteiger partial charge in [-0.05, 0) is 37.5 Å². The van der Waals surface area contributed by atoms with E-state index in [4.69, 9.17) is 4.74 Å².